The predicted molar refractivity (Wildman–Crippen MR) is 78.0 cm³/mol. The molecule has 1 heterocycles. The third kappa shape index (κ3) is 2.43. The van der Waals surface area contributed by atoms with Gasteiger partial charge in [-0.05, 0) is 29.8 Å². The molecule has 0 unspecified atom stereocenters. The predicted octanol–water partition coefficient (Wildman–Crippen LogP) is 0.581. The van der Waals surface area contributed by atoms with Crippen LogP contribution in [0.5, 0.6) is 0 Å². The molecule has 2 amide bonds. The molecule has 0 saturated heterocycles. The fraction of sp³-hybridized carbons (Fsp3) is 0. The average Bonchev–Trinajstić information content (AvgIpc) is 2.80. The molecule has 0 aliphatic carbocycles. The summed E-state index contributed by atoms with van der Waals surface area (Å²) in [5.74, 6) is -2.84. The van der Waals surface area contributed by atoms with E-state index in [4.69, 9.17) is 0 Å². The van der Waals surface area contributed by atoms with Crippen molar-refractivity contribution in [3.8, 4) is 0 Å². The van der Waals surface area contributed by atoms with Crippen molar-refractivity contribution in [3.63, 3.8) is 0 Å². The van der Waals surface area contributed by atoms with E-state index in [1.54, 1.807) is 0 Å². The number of aromatic carboxylic acids is 1. The van der Waals surface area contributed by atoms with Gasteiger partial charge in [0, 0.05) is 12.1 Å². The molecule has 0 spiro atoms. The normalized spacial score (nSPS) is 12.9. The van der Waals surface area contributed by atoms with E-state index in [0.717, 1.165) is 6.07 Å². The number of nitro benzene ring substituents is 1. The van der Waals surface area contributed by atoms with E-state index >= 15 is 0 Å². The van der Waals surface area contributed by atoms with E-state index in [9.17, 15) is 29.6 Å². The Bertz CT molecular complexity index is 891. The van der Waals surface area contributed by atoms with Crippen LogP contribution in [-0.4, -0.2) is 27.7 Å². The van der Waals surface area contributed by atoms with Crippen LogP contribution in [0.15, 0.2) is 42.5 Å². The van der Waals surface area contributed by atoms with Crippen molar-refractivity contribution in [2.24, 2.45) is 0 Å². The SMILES string of the molecule is O=C([O-])c1ccc2c(c1)C(=O)N(Nc1ccc([N+](=O)[O-])cc1)C2=O. The summed E-state index contributed by atoms with van der Waals surface area (Å²) in [7, 11) is 0. The first kappa shape index (κ1) is 15.2. The molecule has 2 aromatic rings. The number of rotatable bonds is 4. The van der Waals surface area contributed by atoms with E-state index in [1.807, 2.05) is 0 Å². The van der Waals surface area contributed by atoms with Crippen molar-refractivity contribution in [2.75, 3.05) is 5.43 Å². The second kappa shape index (κ2) is 5.47. The number of carbonyl (C=O) groups is 3. The van der Waals surface area contributed by atoms with Gasteiger partial charge in [0.25, 0.3) is 17.5 Å². The highest BCUT2D eigenvalue weighted by atomic mass is 16.6. The highest BCUT2D eigenvalue weighted by molar-refractivity contribution is 6.22. The van der Waals surface area contributed by atoms with E-state index in [1.165, 1.54) is 36.4 Å². The number of fused-ring (bicyclic) bond motifs is 1. The van der Waals surface area contributed by atoms with Crippen LogP contribution in [0, 0.1) is 10.1 Å². The van der Waals surface area contributed by atoms with Crippen LogP contribution >= 0.6 is 0 Å². The minimum atomic E-state index is -1.46. The Balaban J connectivity index is 1.88. The Morgan fingerprint density at radius 2 is 1.62 bits per heavy atom. The van der Waals surface area contributed by atoms with Gasteiger partial charge in [0.05, 0.1) is 27.7 Å². The number of carboxylic acid groups (broad SMARTS) is 1. The first-order valence-corrected chi connectivity index (χ1v) is 6.64. The van der Waals surface area contributed by atoms with Crippen molar-refractivity contribution in [1.82, 2.24) is 5.01 Å². The number of hydrogen-bond acceptors (Lipinski definition) is 7. The summed E-state index contributed by atoms with van der Waals surface area (Å²) < 4.78 is 0. The van der Waals surface area contributed by atoms with Crippen molar-refractivity contribution < 1.29 is 24.4 Å². The van der Waals surface area contributed by atoms with Gasteiger partial charge in [-0.15, -0.1) is 0 Å². The van der Waals surface area contributed by atoms with E-state index in [0.29, 0.717) is 5.01 Å². The zero-order chi connectivity index (χ0) is 17.4. The third-order valence-corrected chi connectivity index (χ3v) is 3.44. The maximum Gasteiger partial charge on any atom is 0.280 e. The van der Waals surface area contributed by atoms with E-state index in [2.05, 4.69) is 5.43 Å². The molecule has 0 fully saturated rings. The van der Waals surface area contributed by atoms with E-state index < -0.39 is 22.7 Å². The summed E-state index contributed by atoms with van der Waals surface area (Å²) in [4.78, 5) is 45.4. The third-order valence-electron chi connectivity index (χ3n) is 3.44. The second-order valence-corrected chi connectivity index (χ2v) is 4.91. The molecule has 9 nitrogen and oxygen atoms in total. The van der Waals surface area contributed by atoms with Gasteiger partial charge in [0.15, 0.2) is 0 Å². The van der Waals surface area contributed by atoms with Gasteiger partial charge in [0.2, 0.25) is 0 Å². The van der Waals surface area contributed by atoms with Crippen LogP contribution in [0.1, 0.15) is 31.1 Å². The van der Waals surface area contributed by atoms with Crippen LogP contribution in [0.3, 0.4) is 0 Å². The van der Waals surface area contributed by atoms with Gasteiger partial charge in [-0.3, -0.25) is 25.1 Å². The zero-order valence-corrected chi connectivity index (χ0v) is 11.9. The number of nitro groups is 1. The zero-order valence-electron chi connectivity index (χ0n) is 11.9. The minimum absolute atomic E-state index is 0.0550. The van der Waals surface area contributed by atoms with Crippen molar-refractivity contribution in [2.45, 2.75) is 0 Å². The van der Waals surface area contributed by atoms with Crippen molar-refractivity contribution in [1.29, 1.82) is 0 Å². The summed E-state index contributed by atoms with van der Waals surface area (Å²) >= 11 is 0. The molecule has 0 atom stereocenters. The quantitative estimate of drug-likeness (QED) is 0.493. The lowest BCUT2D eigenvalue weighted by Gasteiger charge is -2.16. The van der Waals surface area contributed by atoms with Gasteiger partial charge in [-0.2, -0.15) is 5.01 Å². The lowest BCUT2D eigenvalue weighted by molar-refractivity contribution is -0.384. The molecule has 1 aliphatic heterocycles. The molecular formula is C15H8N3O6-. The molecule has 0 radical (unpaired) electrons. The number of imide groups is 1. The molecule has 0 bridgehead atoms. The molecule has 1 aliphatic rings. The summed E-state index contributed by atoms with van der Waals surface area (Å²) in [5.41, 5.74) is 2.48. The van der Waals surface area contributed by atoms with Crippen LogP contribution in [0.2, 0.25) is 0 Å². The highest BCUT2D eigenvalue weighted by Crippen LogP contribution is 2.25. The summed E-state index contributed by atoms with van der Waals surface area (Å²) in [6.45, 7) is 0. The van der Waals surface area contributed by atoms with Crippen LogP contribution in [0.25, 0.3) is 0 Å². The molecule has 2 aromatic carbocycles. The largest absolute Gasteiger partial charge is 0.545 e. The monoisotopic (exact) mass is 326 g/mol. The Kier molecular flexibility index (Phi) is 3.45. The highest BCUT2D eigenvalue weighted by Gasteiger charge is 2.36. The van der Waals surface area contributed by atoms with Gasteiger partial charge in [0.1, 0.15) is 0 Å². The first-order valence-electron chi connectivity index (χ1n) is 6.64. The molecule has 120 valence electrons. The second-order valence-electron chi connectivity index (χ2n) is 4.91. The number of nitrogens with zero attached hydrogens (tertiary/aromatic N) is 2. The smallest absolute Gasteiger partial charge is 0.280 e. The maximum atomic E-state index is 12.3. The maximum absolute atomic E-state index is 12.3. The van der Waals surface area contributed by atoms with Gasteiger partial charge >= 0.3 is 0 Å². The van der Waals surface area contributed by atoms with Gasteiger partial charge in [-0.1, -0.05) is 6.07 Å². The molecule has 0 aromatic heterocycles. The van der Waals surface area contributed by atoms with Crippen molar-refractivity contribution in [3.05, 3.63) is 69.3 Å². The van der Waals surface area contributed by atoms with E-state index in [-0.39, 0.29) is 28.1 Å². The van der Waals surface area contributed by atoms with Gasteiger partial charge < -0.3 is 9.90 Å². The van der Waals surface area contributed by atoms with Crippen LogP contribution < -0.4 is 10.5 Å². The number of nitrogens with one attached hydrogen (secondary N) is 1. The van der Waals surface area contributed by atoms with Crippen molar-refractivity contribution >= 4 is 29.2 Å². The lowest BCUT2D eigenvalue weighted by atomic mass is 10.1. The molecular weight excluding hydrogens is 318 g/mol. The molecule has 9 heteroatoms. The number of anilines is 1. The molecule has 0 saturated carbocycles. The molecule has 24 heavy (non-hydrogen) atoms. The number of benzene rings is 2. The Labute approximate surface area is 134 Å². The van der Waals surface area contributed by atoms with Crippen LogP contribution in [0.4, 0.5) is 11.4 Å². The van der Waals surface area contributed by atoms with Crippen LogP contribution in [-0.2, 0) is 0 Å². The summed E-state index contributed by atoms with van der Waals surface area (Å²) in [6.07, 6.45) is 0. The fourth-order valence-electron chi connectivity index (χ4n) is 2.26. The number of non-ortho nitro benzene ring substituents is 1. The summed E-state index contributed by atoms with van der Waals surface area (Å²) in [6, 6.07) is 8.60. The standard InChI is InChI=1S/C15H9N3O6/c19-13-11-6-1-8(15(21)22)7-12(11)14(20)17(13)16-9-2-4-10(5-3-9)18(23)24/h1-7,16H,(H,21,22)/p-1. The lowest BCUT2D eigenvalue weighted by Crippen LogP contribution is -2.35. The number of amides is 2. The Morgan fingerprint density at radius 1 is 1.00 bits per heavy atom. The molecule has 3 rings (SSSR count). The molecule has 1 N–H and O–H groups in total. The fourth-order valence-corrected chi connectivity index (χ4v) is 2.26. The number of carbonyl (C=O) groups excluding carboxylic acids is 3. The number of hydrazine groups is 1. The number of carboxylic acids is 1. The first-order chi connectivity index (χ1) is 11.4. The Morgan fingerprint density at radius 3 is 2.21 bits per heavy atom. The van der Waals surface area contributed by atoms with Gasteiger partial charge in [-0.25, -0.2) is 0 Å². The minimum Gasteiger partial charge on any atom is -0.545 e. The summed E-state index contributed by atoms with van der Waals surface area (Å²) in [5, 5.41) is 22.2. The topological polar surface area (TPSA) is 133 Å². The average molecular weight is 326 g/mol. The Hall–Kier alpha value is -3.75. The number of hydrogen-bond donors (Lipinski definition) is 1.